The average Bonchev–Trinajstić information content (AvgIpc) is 2.27. The molecule has 0 aliphatic carbocycles. The zero-order valence-electron chi connectivity index (χ0n) is 9.28. The van der Waals surface area contributed by atoms with Crippen molar-refractivity contribution in [3.05, 3.63) is 37.2 Å². The molecule has 19 heavy (non-hydrogen) atoms. The summed E-state index contributed by atoms with van der Waals surface area (Å²) in [6, 6.07) is 0. The standard InChI is InChI=1S/C9H6BF3O6/c1-4(11)7(14)17-10(18-8(15)5(2)12)19-9(16)6(3)13/h1-3H2. The van der Waals surface area contributed by atoms with Gasteiger partial charge in [-0.3, -0.25) is 0 Å². The highest BCUT2D eigenvalue weighted by molar-refractivity contribution is 6.45. The van der Waals surface area contributed by atoms with Crippen LogP contribution >= 0.6 is 0 Å². The van der Waals surface area contributed by atoms with Gasteiger partial charge in [0.05, 0.1) is 0 Å². The van der Waals surface area contributed by atoms with Crippen LogP contribution in [0, 0.1) is 0 Å². The van der Waals surface area contributed by atoms with Gasteiger partial charge in [0.1, 0.15) is 0 Å². The third-order valence-electron chi connectivity index (χ3n) is 1.27. The Hall–Kier alpha value is -2.52. The molecule has 0 saturated carbocycles. The fraction of sp³-hybridized carbons (Fsp3) is 0. The first-order valence-electron chi connectivity index (χ1n) is 4.31. The van der Waals surface area contributed by atoms with E-state index in [4.69, 9.17) is 0 Å². The van der Waals surface area contributed by atoms with Crippen LogP contribution in [0.1, 0.15) is 0 Å². The third-order valence-corrected chi connectivity index (χ3v) is 1.27. The van der Waals surface area contributed by atoms with E-state index in [-0.39, 0.29) is 0 Å². The van der Waals surface area contributed by atoms with E-state index >= 15 is 0 Å². The van der Waals surface area contributed by atoms with Crippen LogP contribution in [0.2, 0.25) is 0 Å². The van der Waals surface area contributed by atoms with Crippen LogP contribution in [-0.4, -0.2) is 25.2 Å². The summed E-state index contributed by atoms with van der Waals surface area (Å²) in [6.45, 7) is 7.59. The van der Waals surface area contributed by atoms with Crippen molar-refractivity contribution in [1.29, 1.82) is 0 Å². The maximum atomic E-state index is 12.3. The van der Waals surface area contributed by atoms with Crippen LogP contribution in [0.5, 0.6) is 0 Å². The zero-order valence-corrected chi connectivity index (χ0v) is 9.28. The van der Waals surface area contributed by atoms with E-state index in [1.54, 1.807) is 0 Å². The Kier molecular flexibility index (Phi) is 6.11. The highest BCUT2D eigenvalue weighted by Crippen LogP contribution is 2.07. The monoisotopic (exact) mass is 278 g/mol. The van der Waals surface area contributed by atoms with Gasteiger partial charge in [-0.15, -0.1) is 0 Å². The molecule has 6 nitrogen and oxygen atoms in total. The Morgan fingerprint density at radius 3 is 1.05 bits per heavy atom. The van der Waals surface area contributed by atoms with Crippen molar-refractivity contribution in [3.63, 3.8) is 0 Å². The number of carbonyl (C=O) groups excluding carboxylic acids is 3. The summed E-state index contributed by atoms with van der Waals surface area (Å²) >= 11 is 0. The predicted molar refractivity (Wildman–Crippen MR) is 54.8 cm³/mol. The third kappa shape index (κ3) is 6.10. The number of hydrogen-bond acceptors (Lipinski definition) is 6. The predicted octanol–water partition coefficient (Wildman–Crippen LogP) is 1.05. The number of halogens is 3. The van der Waals surface area contributed by atoms with E-state index in [1.165, 1.54) is 0 Å². The highest BCUT2D eigenvalue weighted by Gasteiger charge is 2.38. The second-order valence-electron chi connectivity index (χ2n) is 2.72. The maximum absolute atomic E-state index is 12.3. The smallest absolute Gasteiger partial charge is 0.456 e. The van der Waals surface area contributed by atoms with Gasteiger partial charge in [-0.2, -0.15) is 13.2 Å². The van der Waals surface area contributed by atoms with E-state index in [1.807, 2.05) is 0 Å². The minimum Gasteiger partial charge on any atom is -0.456 e. The molecule has 0 unspecified atom stereocenters. The van der Waals surface area contributed by atoms with Crippen LogP contribution in [0.4, 0.5) is 13.2 Å². The fourth-order valence-corrected chi connectivity index (χ4v) is 0.526. The largest absolute Gasteiger partial charge is 0.870 e. The van der Waals surface area contributed by atoms with Gasteiger partial charge in [0.15, 0.2) is 17.5 Å². The lowest BCUT2D eigenvalue weighted by molar-refractivity contribution is -0.144. The summed E-state index contributed by atoms with van der Waals surface area (Å²) in [5.74, 6) is -10.2. The average molecular weight is 278 g/mol. The SMILES string of the molecule is C=C(F)C(=O)OB(OC(=O)C(=C)F)OC(=O)C(=C)F. The second-order valence-corrected chi connectivity index (χ2v) is 2.72. The van der Waals surface area contributed by atoms with E-state index in [0.717, 1.165) is 0 Å². The molecule has 0 spiro atoms. The molecular formula is C9H6BF3O6. The molecule has 0 radical (unpaired) electrons. The Morgan fingerprint density at radius 2 is 0.895 bits per heavy atom. The molecule has 0 bridgehead atoms. The van der Waals surface area contributed by atoms with Crippen LogP contribution in [0.25, 0.3) is 0 Å². The van der Waals surface area contributed by atoms with Crippen molar-refractivity contribution in [1.82, 2.24) is 0 Å². The molecular weight excluding hydrogens is 272 g/mol. The first-order valence-corrected chi connectivity index (χ1v) is 4.31. The summed E-state index contributed by atoms with van der Waals surface area (Å²) in [7, 11) is -2.53. The molecule has 102 valence electrons. The molecule has 0 saturated heterocycles. The second kappa shape index (κ2) is 7.04. The minimum absolute atomic E-state index is 1.63. The Labute approximate surface area is 105 Å². The fourth-order valence-electron chi connectivity index (χ4n) is 0.526. The van der Waals surface area contributed by atoms with Crippen LogP contribution in [0.3, 0.4) is 0 Å². The van der Waals surface area contributed by atoms with Crippen LogP contribution in [-0.2, 0) is 28.3 Å². The zero-order chi connectivity index (χ0) is 15.2. The van der Waals surface area contributed by atoms with Crippen molar-refractivity contribution in [2.75, 3.05) is 0 Å². The molecule has 0 aromatic carbocycles. The summed E-state index contributed by atoms with van der Waals surface area (Å²) in [4.78, 5) is 32.2. The van der Waals surface area contributed by atoms with Gasteiger partial charge in [0.25, 0.3) is 0 Å². The number of carbonyl (C=O) groups is 3. The summed E-state index contributed by atoms with van der Waals surface area (Å²) in [5.41, 5.74) is 0. The molecule has 0 fully saturated rings. The Bertz CT molecular complexity index is 394. The first-order chi connectivity index (χ1) is 8.65. The van der Waals surface area contributed by atoms with Crippen molar-refractivity contribution in [3.8, 4) is 0 Å². The van der Waals surface area contributed by atoms with Crippen molar-refractivity contribution in [2.45, 2.75) is 0 Å². The normalized spacial score (nSPS) is 9.00. The topological polar surface area (TPSA) is 78.9 Å². The quantitative estimate of drug-likeness (QED) is 0.533. The molecule has 0 aliphatic heterocycles. The molecule has 0 heterocycles. The Balaban J connectivity index is 4.82. The number of rotatable bonds is 6. The molecule has 0 atom stereocenters. The summed E-state index contributed by atoms with van der Waals surface area (Å²) in [6.07, 6.45) is 0. The van der Waals surface area contributed by atoms with E-state index < -0.39 is 42.7 Å². The lowest BCUT2D eigenvalue weighted by atomic mass is 10.2. The summed E-state index contributed by atoms with van der Waals surface area (Å²) in [5, 5.41) is 0. The van der Waals surface area contributed by atoms with Gasteiger partial charge >= 0.3 is 25.2 Å². The van der Waals surface area contributed by atoms with Crippen molar-refractivity contribution >= 4 is 25.2 Å². The highest BCUT2D eigenvalue weighted by atomic mass is 19.1. The van der Waals surface area contributed by atoms with Crippen molar-refractivity contribution in [2.24, 2.45) is 0 Å². The van der Waals surface area contributed by atoms with Crippen LogP contribution < -0.4 is 0 Å². The minimum atomic E-state index is -2.53. The molecule has 0 amide bonds. The van der Waals surface area contributed by atoms with Crippen LogP contribution in [0.15, 0.2) is 37.2 Å². The van der Waals surface area contributed by atoms with E-state index in [0.29, 0.717) is 0 Å². The molecule has 10 heteroatoms. The lowest BCUT2D eigenvalue weighted by Crippen LogP contribution is -2.35. The van der Waals surface area contributed by atoms with Gasteiger partial charge in [-0.25, -0.2) is 14.4 Å². The van der Waals surface area contributed by atoms with Gasteiger partial charge in [-0.1, -0.05) is 19.7 Å². The summed E-state index contributed by atoms with van der Waals surface area (Å²) < 4.78 is 48.8. The Morgan fingerprint density at radius 1 is 0.684 bits per heavy atom. The molecule has 0 N–H and O–H groups in total. The van der Waals surface area contributed by atoms with Gasteiger partial charge < -0.3 is 14.0 Å². The van der Waals surface area contributed by atoms with Gasteiger partial charge in [0.2, 0.25) is 0 Å². The van der Waals surface area contributed by atoms with Gasteiger partial charge in [0, 0.05) is 0 Å². The molecule has 0 aliphatic rings. The van der Waals surface area contributed by atoms with E-state index in [9.17, 15) is 27.6 Å². The first kappa shape index (κ1) is 16.5. The molecule has 0 rings (SSSR count). The lowest BCUT2D eigenvalue weighted by Gasteiger charge is -2.11. The molecule has 0 aromatic rings. The molecule has 0 aromatic heterocycles. The van der Waals surface area contributed by atoms with Crippen molar-refractivity contribution < 1.29 is 41.5 Å². The maximum Gasteiger partial charge on any atom is 0.870 e. The number of hydrogen-bond donors (Lipinski definition) is 0. The van der Waals surface area contributed by atoms with Gasteiger partial charge in [-0.05, 0) is 0 Å². The van der Waals surface area contributed by atoms with E-state index in [2.05, 4.69) is 33.7 Å².